The van der Waals surface area contributed by atoms with Gasteiger partial charge in [0.15, 0.2) is 0 Å². The zero-order valence-corrected chi connectivity index (χ0v) is 24.6. The molecule has 1 amide bonds. The van der Waals surface area contributed by atoms with E-state index >= 15 is 0 Å². The zero-order valence-electron chi connectivity index (χ0n) is 23.8. The first-order valence-corrected chi connectivity index (χ1v) is 14.5. The molecule has 40 heavy (non-hydrogen) atoms. The summed E-state index contributed by atoms with van der Waals surface area (Å²) < 4.78 is 32.5. The van der Waals surface area contributed by atoms with E-state index in [-0.39, 0.29) is 5.91 Å². The normalized spacial score (nSPS) is 14.1. The van der Waals surface area contributed by atoms with Gasteiger partial charge in [0, 0.05) is 62.3 Å². The van der Waals surface area contributed by atoms with Crippen LogP contribution in [0, 0.1) is 6.92 Å². The molecule has 3 aromatic rings. The van der Waals surface area contributed by atoms with Gasteiger partial charge in [-0.3, -0.25) is 9.52 Å². The third-order valence-corrected chi connectivity index (χ3v) is 8.79. The molecule has 2 heterocycles. The molecule has 12 heteroatoms. The van der Waals surface area contributed by atoms with Crippen molar-refractivity contribution in [3.8, 4) is 5.75 Å². The molecular formula is C28H37N7O4S. The maximum absolute atomic E-state index is 12.6. The first kappa shape index (κ1) is 28.9. The maximum Gasteiger partial charge on any atom is 0.237 e. The SMILES string of the molecule is COc1cc(N2CCN(C(C)=O)CC2)ccc1Nc1ncc(C)c(Nc2cccc(NS(=O)(=O)C(C)(C)C)c2)n1. The Kier molecular flexibility index (Phi) is 8.38. The first-order chi connectivity index (χ1) is 18.9. The number of benzene rings is 2. The predicted molar refractivity (Wildman–Crippen MR) is 160 cm³/mol. The lowest BCUT2D eigenvalue weighted by Crippen LogP contribution is -2.48. The zero-order chi connectivity index (χ0) is 29.1. The quantitative estimate of drug-likeness (QED) is 0.361. The van der Waals surface area contributed by atoms with Crippen LogP contribution in [-0.2, 0) is 14.8 Å². The Labute approximate surface area is 236 Å². The van der Waals surface area contributed by atoms with Crippen molar-refractivity contribution >= 4 is 50.4 Å². The Bertz CT molecular complexity index is 1480. The minimum absolute atomic E-state index is 0.0987. The molecule has 1 aromatic heterocycles. The molecule has 0 atom stereocenters. The maximum atomic E-state index is 12.6. The molecule has 214 valence electrons. The highest BCUT2D eigenvalue weighted by molar-refractivity contribution is 7.94. The molecule has 0 bridgehead atoms. The summed E-state index contributed by atoms with van der Waals surface area (Å²) >= 11 is 0. The van der Waals surface area contributed by atoms with Gasteiger partial charge in [-0.1, -0.05) is 6.07 Å². The molecule has 1 aliphatic heterocycles. The first-order valence-electron chi connectivity index (χ1n) is 13.0. The van der Waals surface area contributed by atoms with Crippen LogP contribution in [0.4, 0.5) is 34.5 Å². The number of hydrogen-bond donors (Lipinski definition) is 3. The van der Waals surface area contributed by atoms with Gasteiger partial charge in [-0.25, -0.2) is 13.4 Å². The second-order valence-corrected chi connectivity index (χ2v) is 13.1. The van der Waals surface area contributed by atoms with Crippen LogP contribution in [-0.4, -0.2) is 67.2 Å². The molecule has 0 spiro atoms. The van der Waals surface area contributed by atoms with Crippen LogP contribution in [0.3, 0.4) is 0 Å². The van der Waals surface area contributed by atoms with Gasteiger partial charge >= 0.3 is 0 Å². The van der Waals surface area contributed by atoms with E-state index in [1.807, 2.05) is 36.1 Å². The van der Waals surface area contributed by atoms with Crippen molar-refractivity contribution in [3.63, 3.8) is 0 Å². The lowest BCUT2D eigenvalue weighted by molar-refractivity contribution is -0.129. The Morgan fingerprint density at radius 3 is 2.35 bits per heavy atom. The fourth-order valence-electron chi connectivity index (χ4n) is 4.11. The highest BCUT2D eigenvalue weighted by Gasteiger charge is 2.29. The number of sulfonamides is 1. The number of aryl methyl sites for hydroxylation is 1. The molecule has 3 N–H and O–H groups in total. The number of nitrogens with one attached hydrogen (secondary N) is 3. The van der Waals surface area contributed by atoms with Crippen molar-refractivity contribution < 1.29 is 17.9 Å². The molecule has 0 saturated carbocycles. The molecule has 4 rings (SSSR count). The number of hydrogen-bond acceptors (Lipinski definition) is 9. The molecule has 2 aromatic carbocycles. The third-order valence-electron chi connectivity index (χ3n) is 6.68. The largest absolute Gasteiger partial charge is 0.494 e. The van der Waals surface area contributed by atoms with Crippen molar-refractivity contribution in [2.45, 2.75) is 39.4 Å². The van der Waals surface area contributed by atoms with Crippen LogP contribution >= 0.6 is 0 Å². The van der Waals surface area contributed by atoms with E-state index in [1.165, 1.54) is 0 Å². The summed E-state index contributed by atoms with van der Waals surface area (Å²) in [5.41, 5.74) is 3.67. The number of methoxy groups -OCH3 is 1. The number of piperazine rings is 1. The summed E-state index contributed by atoms with van der Waals surface area (Å²) in [4.78, 5) is 24.8. The summed E-state index contributed by atoms with van der Waals surface area (Å²) in [5.74, 6) is 1.69. The van der Waals surface area contributed by atoms with Crippen molar-refractivity contribution in [2.75, 3.05) is 53.5 Å². The number of anilines is 6. The minimum atomic E-state index is -3.56. The third kappa shape index (κ3) is 6.74. The lowest BCUT2D eigenvalue weighted by atomic mass is 10.2. The highest BCUT2D eigenvalue weighted by Crippen LogP contribution is 2.32. The molecule has 1 aliphatic rings. The van der Waals surface area contributed by atoms with Crippen LogP contribution < -0.4 is 25.0 Å². The number of nitrogens with zero attached hydrogens (tertiary/aromatic N) is 4. The van der Waals surface area contributed by atoms with Gasteiger partial charge in [-0.05, 0) is 58.0 Å². The van der Waals surface area contributed by atoms with Crippen LogP contribution in [0.1, 0.15) is 33.3 Å². The Morgan fingerprint density at radius 1 is 1.00 bits per heavy atom. The molecule has 1 fully saturated rings. The summed E-state index contributed by atoms with van der Waals surface area (Å²) in [7, 11) is -1.94. The predicted octanol–water partition coefficient (Wildman–Crippen LogP) is 4.49. The minimum Gasteiger partial charge on any atom is -0.494 e. The number of ether oxygens (including phenoxy) is 1. The summed E-state index contributed by atoms with van der Waals surface area (Å²) in [6.07, 6.45) is 1.71. The number of amides is 1. The molecule has 0 aliphatic carbocycles. The van der Waals surface area contributed by atoms with Crippen molar-refractivity contribution in [1.29, 1.82) is 0 Å². The van der Waals surface area contributed by atoms with E-state index in [1.54, 1.807) is 59.2 Å². The number of carbonyl (C=O) groups excluding carboxylic acids is 1. The summed E-state index contributed by atoms with van der Waals surface area (Å²) in [6, 6.07) is 12.9. The van der Waals surface area contributed by atoms with Crippen molar-refractivity contribution in [1.82, 2.24) is 14.9 Å². The number of rotatable bonds is 8. The van der Waals surface area contributed by atoms with Crippen molar-refractivity contribution in [2.24, 2.45) is 0 Å². The van der Waals surface area contributed by atoms with E-state index < -0.39 is 14.8 Å². The summed E-state index contributed by atoms with van der Waals surface area (Å²) in [5, 5.41) is 6.50. The Balaban J connectivity index is 1.49. The van der Waals surface area contributed by atoms with Crippen LogP contribution in [0.5, 0.6) is 5.75 Å². The van der Waals surface area contributed by atoms with E-state index in [2.05, 4.69) is 30.2 Å². The lowest BCUT2D eigenvalue weighted by Gasteiger charge is -2.35. The fraction of sp³-hybridized carbons (Fsp3) is 0.393. The van der Waals surface area contributed by atoms with Crippen molar-refractivity contribution in [3.05, 3.63) is 54.2 Å². The van der Waals surface area contributed by atoms with Gasteiger partial charge in [0.25, 0.3) is 0 Å². The number of carbonyl (C=O) groups is 1. The van der Waals surface area contributed by atoms with Gasteiger partial charge in [0.05, 0.1) is 23.2 Å². The topological polar surface area (TPSA) is 129 Å². The molecule has 1 saturated heterocycles. The average Bonchev–Trinajstić information content (AvgIpc) is 2.90. The fourth-order valence-corrected chi connectivity index (χ4v) is 4.86. The smallest absolute Gasteiger partial charge is 0.237 e. The number of aromatic nitrogens is 2. The average molecular weight is 568 g/mol. The molecule has 11 nitrogen and oxygen atoms in total. The van der Waals surface area contributed by atoms with E-state index in [9.17, 15) is 13.2 Å². The van der Waals surface area contributed by atoms with Crippen LogP contribution in [0.15, 0.2) is 48.7 Å². The standard InChI is InChI=1S/C28H37N7O4S/c1-19-18-29-27(32-26(19)30-21-8-7-9-22(16-21)33-40(37,38)28(3,4)5)31-24-11-10-23(17-25(24)39-6)35-14-12-34(13-15-35)20(2)36/h7-11,16-18,33H,12-15H2,1-6H3,(H2,29,30,31,32). The van der Waals surface area contributed by atoms with Gasteiger partial charge in [0.2, 0.25) is 21.9 Å². The van der Waals surface area contributed by atoms with Gasteiger partial charge in [-0.15, -0.1) is 0 Å². The van der Waals surface area contributed by atoms with Gasteiger partial charge in [0.1, 0.15) is 11.6 Å². The Hall–Kier alpha value is -4.06. The molecular weight excluding hydrogens is 530 g/mol. The molecule has 0 unspecified atom stereocenters. The highest BCUT2D eigenvalue weighted by atomic mass is 32.2. The van der Waals surface area contributed by atoms with Crippen LogP contribution in [0.25, 0.3) is 0 Å². The summed E-state index contributed by atoms with van der Waals surface area (Å²) in [6.45, 7) is 11.3. The van der Waals surface area contributed by atoms with Gasteiger partial charge in [-0.2, -0.15) is 4.98 Å². The Morgan fingerprint density at radius 2 is 1.70 bits per heavy atom. The van der Waals surface area contributed by atoms with E-state index in [0.29, 0.717) is 47.7 Å². The molecule has 0 radical (unpaired) electrons. The van der Waals surface area contributed by atoms with Gasteiger partial charge < -0.3 is 25.2 Å². The van der Waals surface area contributed by atoms with E-state index in [4.69, 9.17) is 4.74 Å². The van der Waals surface area contributed by atoms with Crippen LogP contribution in [0.2, 0.25) is 0 Å². The second-order valence-electron chi connectivity index (χ2n) is 10.7. The second kappa shape index (κ2) is 11.6. The van der Waals surface area contributed by atoms with E-state index in [0.717, 1.165) is 24.3 Å². The monoisotopic (exact) mass is 567 g/mol.